The van der Waals surface area contributed by atoms with Crippen molar-refractivity contribution in [1.82, 2.24) is 5.32 Å². The van der Waals surface area contributed by atoms with Crippen LogP contribution < -0.4 is 5.32 Å². The van der Waals surface area contributed by atoms with Gasteiger partial charge in [-0.25, -0.2) is 0 Å². The van der Waals surface area contributed by atoms with Crippen molar-refractivity contribution >= 4 is 11.7 Å². The molecule has 4 heteroatoms. The largest absolute Gasteiger partial charge is 0.343 e. The van der Waals surface area contributed by atoms with Gasteiger partial charge in [-0.2, -0.15) is 5.26 Å². The summed E-state index contributed by atoms with van der Waals surface area (Å²) in [5, 5.41) is 11.3. The molecule has 0 aliphatic carbocycles. The zero-order valence-electron chi connectivity index (χ0n) is 9.86. The van der Waals surface area contributed by atoms with Crippen LogP contribution >= 0.6 is 0 Å². The Labute approximate surface area is 100 Å². The van der Waals surface area contributed by atoms with Gasteiger partial charge >= 0.3 is 0 Å². The first kappa shape index (κ1) is 12.9. The molecule has 88 valence electrons. The minimum absolute atomic E-state index is 0.0187. The smallest absolute Gasteiger partial charge is 0.251 e. The third-order valence-corrected chi connectivity index (χ3v) is 2.43. The van der Waals surface area contributed by atoms with Gasteiger partial charge in [-0.15, -0.1) is 0 Å². The number of carbonyl (C=O) groups is 2. The van der Waals surface area contributed by atoms with Gasteiger partial charge in [0.15, 0.2) is 5.78 Å². The maximum Gasteiger partial charge on any atom is 0.251 e. The minimum Gasteiger partial charge on any atom is -0.343 e. The highest BCUT2D eigenvalue weighted by atomic mass is 16.2. The van der Waals surface area contributed by atoms with Crippen LogP contribution in [-0.2, 0) is 4.79 Å². The Morgan fingerprint density at radius 3 is 2.76 bits per heavy atom. The lowest BCUT2D eigenvalue weighted by molar-refractivity contribution is -0.120. The molecule has 1 atom stereocenters. The average Bonchev–Trinajstić information content (AvgIpc) is 2.37. The number of nitriles is 1. The number of ketones is 1. The number of amides is 1. The molecule has 0 saturated carbocycles. The van der Waals surface area contributed by atoms with Gasteiger partial charge in [0.2, 0.25) is 0 Å². The normalized spacial score (nSPS) is 11.4. The number of rotatable bonds is 4. The van der Waals surface area contributed by atoms with Gasteiger partial charge in [-0.1, -0.05) is 13.0 Å². The van der Waals surface area contributed by atoms with E-state index in [1.807, 2.05) is 6.07 Å². The Balaban J connectivity index is 2.77. The third-order valence-electron chi connectivity index (χ3n) is 2.43. The second-order valence-corrected chi connectivity index (χ2v) is 3.71. The Morgan fingerprint density at radius 2 is 2.18 bits per heavy atom. The Kier molecular flexibility index (Phi) is 4.41. The van der Waals surface area contributed by atoms with Gasteiger partial charge in [-0.3, -0.25) is 9.59 Å². The molecule has 0 saturated heterocycles. The maximum absolute atomic E-state index is 11.8. The molecule has 1 unspecified atom stereocenters. The SMILES string of the molecule is CCC(=O)C(C)NC(=O)c1cccc(C#N)c1. The first-order valence-corrected chi connectivity index (χ1v) is 5.42. The van der Waals surface area contributed by atoms with E-state index in [1.165, 1.54) is 6.07 Å². The molecule has 0 aromatic heterocycles. The first-order valence-electron chi connectivity index (χ1n) is 5.42. The summed E-state index contributed by atoms with van der Waals surface area (Å²) in [4.78, 5) is 23.1. The summed E-state index contributed by atoms with van der Waals surface area (Å²) < 4.78 is 0. The van der Waals surface area contributed by atoms with Crippen LogP contribution in [0.2, 0.25) is 0 Å². The molecule has 1 rings (SSSR count). The molecule has 1 aromatic carbocycles. The van der Waals surface area contributed by atoms with Crippen molar-refractivity contribution in [1.29, 1.82) is 5.26 Å². The Bertz CT molecular complexity index is 475. The van der Waals surface area contributed by atoms with Crippen molar-refractivity contribution in [2.24, 2.45) is 0 Å². The van der Waals surface area contributed by atoms with E-state index < -0.39 is 6.04 Å². The van der Waals surface area contributed by atoms with Crippen molar-refractivity contribution < 1.29 is 9.59 Å². The van der Waals surface area contributed by atoms with Crippen LogP contribution in [0.4, 0.5) is 0 Å². The number of hydrogen-bond donors (Lipinski definition) is 1. The van der Waals surface area contributed by atoms with Crippen LogP contribution in [0.3, 0.4) is 0 Å². The summed E-state index contributed by atoms with van der Waals surface area (Å²) in [6.07, 6.45) is 0.389. The van der Waals surface area contributed by atoms with Crippen molar-refractivity contribution in [2.45, 2.75) is 26.3 Å². The van der Waals surface area contributed by atoms with E-state index >= 15 is 0 Å². The maximum atomic E-state index is 11.8. The van der Waals surface area contributed by atoms with Gasteiger partial charge in [0.05, 0.1) is 17.7 Å². The lowest BCUT2D eigenvalue weighted by atomic mass is 10.1. The summed E-state index contributed by atoms with van der Waals surface area (Å²) in [6.45, 7) is 3.40. The summed E-state index contributed by atoms with van der Waals surface area (Å²) >= 11 is 0. The molecule has 1 amide bonds. The molecule has 17 heavy (non-hydrogen) atoms. The number of carbonyl (C=O) groups excluding carboxylic acids is 2. The molecule has 0 fully saturated rings. The van der Waals surface area contributed by atoms with Crippen LogP contribution in [0.25, 0.3) is 0 Å². The van der Waals surface area contributed by atoms with Crippen LogP contribution in [-0.4, -0.2) is 17.7 Å². The standard InChI is InChI=1S/C13H14N2O2/c1-3-12(16)9(2)15-13(17)11-6-4-5-10(7-11)8-14/h4-7,9H,3H2,1-2H3,(H,15,17). The van der Waals surface area contributed by atoms with E-state index in [1.54, 1.807) is 32.0 Å². The van der Waals surface area contributed by atoms with Crippen LogP contribution in [0.15, 0.2) is 24.3 Å². The van der Waals surface area contributed by atoms with Crippen molar-refractivity contribution in [2.75, 3.05) is 0 Å². The molecule has 0 bridgehead atoms. The quantitative estimate of drug-likeness (QED) is 0.855. The molecular formula is C13H14N2O2. The topological polar surface area (TPSA) is 70.0 Å². The monoisotopic (exact) mass is 230 g/mol. The summed E-state index contributed by atoms with van der Waals surface area (Å²) in [5.41, 5.74) is 0.812. The van der Waals surface area contributed by atoms with Crippen molar-refractivity contribution in [3.63, 3.8) is 0 Å². The van der Waals surface area contributed by atoms with Crippen LogP contribution in [0.1, 0.15) is 36.2 Å². The highest BCUT2D eigenvalue weighted by Gasteiger charge is 2.14. The van der Waals surface area contributed by atoms with Crippen LogP contribution in [0, 0.1) is 11.3 Å². The van der Waals surface area contributed by atoms with Gasteiger partial charge in [0, 0.05) is 12.0 Å². The molecular weight excluding hydrogens is 216 g/mol. The number of nitrogens with one attached hydrogen (secondary N) is 1. The van der Waals surface area contributed by atoms with Gasteiger partial charge in [-0.05, 0) is 25.1 Å². The van der Waals surface area contributed by atoms with E-state index in [2.05, 4.69) is 5.32 Å². The zero-order chi connectivity index (χ0) is 12.8. The van der Waals surface area contributed by atoms with E-state index in [4.69, 9.17) is 5.26 Å². The lowest BCUT2D eigenvalue weighted by Gasteiger charge is -2.11. The zero-order valence-corrected chi connectivity index (χ0v) is 9.86. The van der Waals surface area contributed by atoms with Crippen molar-refractivity contribution in [3.05, 3.63) is 35.4 Å². The molecule has 0 aliphatic rings. The predicted octanol–water partition coefficient (Wildman–Crippen LogP) is 1.66. The number of hydrogen-bond acceptors (Lipinski definition) is 3. The Morgan fingerprint density at radius 1 is 1.47 bits per heavy atom. The molecule has 1 N–H and O–H groups in total. The Hall–Kier alpha value is -2.15. The number of nitrogens with zero attached hydrogens (tertiary/aromatic N) is 1. The van der Waals surface area contributed by atoms with Gasteiger partial charge in [0.25, 0.3) is 5.91 Å². The predicted molar refractivity (Wildman–Crippen MR) is 63.4 cm³/mol. The van der Waals surface area contributed by atoms with E-state index in [0.29, 0.717) is 17.5 Å². The third kappa shape index (κ3) is 3.42. The second kappa shape index (κ2) is 5.80. The van der Waals surface area contributed by atoms with E-state index in [-0.39, 0.29) is 11.7 Å². The van der Waals surface area contributed by atoms with E-state index in [0.717, 1.165) is 0 Å². The van der Waals surface area contributed by atoms with Crippen molar-refractivity contribution in [3.8, 4) is 6.07 Å². The molecule has 0 spiro atoms. The van der Waals surface area contributed by atoms with Crippen LogP contribution in [0.5, 0.6) is 0 Å². The fourth-order valence-electron chi connectivity index (χ4n) is 1.40. The fraction of sp³-hybridized carbons (Fsp3) is 0.308. The highest BCUT2D eigenvalue weighted by Crippen LogP contribution is 2.04. The number of Topliss-reactive ketones (excluding diaryl/α,β-unsaturated/α-hetero) is 1. The second-order valence-electron chi connectivity index (χ2n) is 3.71. The van der Waals surface area contributed by atoms with E-state index in [9.17, 15) is 9.59 Å². The molecule has 1 aromatic rings. The highest BCUT2D eigenvalue weighted by molar-refractivity contribution is 5.97. The fourth-order valence-corrected chi connectivity index (χ4v) is 1.40. The molecule has 4 nitrogen and oxygen atoms in total. The van der Waals surface area contributed by atoms with Gasteiger partial charge < -0.3 is 5.32 Å². The minimum atomic E-state index is -0.502. The first-order chi connectivity index (χ1) is 8.08. The average molecular weight is 230 g/mol. The van der Waals surface area contributed by atoms with Gasteiger partial charge in [0.1, 0.15) is 0 Å². The molecule has 0 aliphatic heterocycles. The summed E-state index contributed by atoms with van der Waals surface area (Å²) in [6, 6.07) is 7.83. The summed E-state index contributed by atoms with van der Waals surface area (Å²) in [7, 11) is 0. The lowest BCUT2D eigenvalue weighted by Crippen LogP contribution is -2.38. The number of benzene rings is 1. The molecule has 0 radical (unpaired) electrons. The summed E-state index contributed by atoms with van der Waals surface area (Å²) in [5.74, 6) is -0.355. The molecule has 0 heterocycles.